The highest BCUT2D eigenvalue weighted by molar-refractivity contribution is 5.74. The molecule has 0 bridgehead atoms. The van der Waals surface area contributed by atoms with Gasteiger partial charge < -0.3 is 10.3 Å². The molecule has 0 amide bonds. The lowest BCUT2D eigenvalue weighted by atomic mass is 10.1. The van der Waals surface area contributed by atoms with E-state index >= 15 is 0 Å². The first kappa shape index (κ1) is 15.9. The third-order valence-electron chi connectivity index (χ3n) is 2.76. The minimum Gasteiger partial charge on any atom is -0.331 e. The highest BCUT2D eigenvalue weighted by atomic mass is 16.1. The molecule has 0 saturated heterocycles. The second-order valence-electron chi connectivity index (χ2n) is 4.56. The fourth-order valence-corrected chi connectivity index (χ4v) is 1.47. The number of hydrogen-bond donors (Lipinski definition) is 1. The molecular formula is C16H21N3O. The Hall–Kier alpha value is -2.20. The standard InChI is InChI=1S/C12H12N2O.C4H9N/c1-10-13-6-7-14(10)8-11-2-4-12(9-15)5-3-11;1-3-4(2)5/h2-7,9H,8H2,1H3;3-4H,1,5H2,2H3. The van der Waals surface area contributed by atoms with Crippen molar-refractivity contribution < 1.29 is 4.79 Å². The van der Waals surface area contributed by atoms with Crippen LogP contribution in [0, 0.1) is 6.92 Å². The maximum Gasteiger partial charge on any atom is 0.150 e. The molecule has 0 spiro atoms. The zero-order valence-electron chi connectivity index (χ0n) is 12.0. The van der Waals surface area contributed by atoms with Crippen molar-refractivity contribution in [1.29, 1.82) is 0 Å². The normalized spacial score (nSPS) is 11.2. The van der Waals surface area contributed by atoms with Crippen molar-refractivity contribution in [3.8, 4) is 0 Å². The van der Waals surface area contributed by atoms with E-state index in [1.165, 1.54) is 5.56 Å². The number of aryl methyl sites for hydroxylation is 1. The summed E-state index contributed by atoms with van der Waals surface area (Å²) in [6.45, 7) is 8.09. The Labute approximate surface area is 119 Å². The predicted octanol–water partition coefficient (Wildman–Crippen LogP) is 2.57. The summed E-state index contributed by atoms with van der Waals surface area (Å²) < 4.78 is 2.07. The Kier molecular flexibility index (Phi) is 6.40. The summed E-state index contributed by atoms with van der Waals surface area (Å²) in [5.41, 5.74) is 7.05. The van der Waals surface area contributed by atoms with Crippen LogP contribution >= 0.6 is 0 Å². The van der Waals surface area contributed by atoms with Gasteiger partial charge in [-0.1, -0.05) is 30.3 Å². The van der Waals surface area contributed by atoms with Gasteiger partial charge in [0, 0.05) is 30.5 Å². The number of carbonyl (C=O) groups excluding carboxylic acids is 1. The Morgan fingerprint density at radius 3 is 2.40 bits per heavy atom. The lowest BCUT2D eigenvalue weighted by Crippen LogP contribution is -2.09. The minimum absolute atomic E-state index is 0.148. The van der Waals surface area contributed by atoms with Gasteiger partial charge in [-0.05, 0) is 19.4 Å². The summed E-state index contributed by atoms with van der Waals surface area (Å²) >= 11 is 0. The summed E-state index contributed by atoms with van der Waals surface area (Å²) in [7, 11) is 0. The van der Waals surface area contributed by atoms with Gasteiger partial charge in [0.1, 0.15) is 12.1 Å². The molecule has 20 heavy (non-hydrogen) atoms. The number of aromatic nitrogens is 2. The van der Waals surface area contributed by atoms with E-state index in [1.54, 1.807) is 12.3 Å². The molecule has 0 aliphatic carbocycles. The quantitative estimate of drug-likeness (QED) is 0.686. The van der Waals surface area contributed by atoms with Crippen molar-refractivity contribution >= 4 is 6.29 Å². The van der Waals surface area contributed by atoms with E-state index in [1.807, 2.05) is 44.3 Å². The number of hydrogen-bond acceptors (Lipinski definition) is 3. The Balaban J connectivity index is 0.000000347. The van der Waals surface area contributed by atoms with E-state index in [2.05, 4.69) is 16.1 Å². The van der Waals surface area contributed by atoms with Crippen LogP contribution in [0.5, 0.6) is 0 Å². The smallest absolute Gasteiger partial charge is 0.150 e. The molecule has 0 fully saturated rings. The highest BCUT2D eigenvalue weighted by Gasteiger charge is 1.98. The average molecular weight is 271 g/mol. The first-order valence-electron chi connectivity index (χ1n) is 6.46. The van der Waals surface area contributed by atoms with Crippen LogP contribution in [0.4, 0.5) is 0 Å². The fraction of sp³-hybridized carbons (Fsp3) is 0.250. The molecule has 1 heterocycles. The van der Waals surface area contributed by atoms with E-state index in [0.29, 0.717) is 5.56 Å². The second kappa shape index (κ2) is 8.07. The molecule has 2 aromatic rings. The molecule has 0 saturated carbocycles. The third kappa shape index (κ3) is 5.20. The predicted molar refractivity (Wildman–Crippen MR) is 81.7 cm³/mol. The largest absolute Gasteiger partial charge is 0.331 e. The van der Waals surface area contributed by atoms with Gasteiger partial charge in [-0.15, -0.1) is 6.58 Å². The molecule has 4 heteroatoms. The lowest BCUT2D eigenvalue weighted by Gasteiger charge is -2.04. The van der Waals surface area contributed by atoms with Gasteiger partial charge in [-0.3, -0.25) is 4.79 Å². The second-order valence-corrected chi connectivity index (χ2v) is 4.56. The van der Waals surface area contributed by atoms with Crippen LogP contribution in [0.15, 0.2) is 49.3 Å². The number of aldehydes is 1. The third-order valence-corrected chi connectivity index (χ3v) is 2.76. The Morgan fingerprint density at radius 1 is 1.40 bits per heavy atom. The Morgan fingerprint density at radius 2 is 2.00 bits per heavy atom. The van der Waals surface area contributed by atoms with Gasteiger partial charge in [-0.2, -0.15) is 0 Å². The first-order chi connectivity index (χ1) is 9.56. The highest BCUT2D eigenvalue weighted by Crippen LogP contribution is 2.06. The topological polar surface area (TPSA) is 60.9 Å². The fourth-order valence-electron chi connectivity index (χ4n) is 1.47. The molecule has 1 atom stereocenters. The monoisotopic (exact) mass is 271 g/mol. The van der Waals surface area contributed by atoms with Gasteiger partial charge in [0.15, 0.2) is 0 Å². The molecule has 0 radical (unpaired) electrons. The zero-order chi connectivity index (χ0) is 15.0. The molecular weight excluding hydrogens is 250 g/mol. The van der Waals surface area contributed by atoms with Crippen molar-refractivity contribution in [2.75, 3.05) is 0 Å². The molecule has 4 nitrogen and oxygen atoms in total. The summed E-state index contributed by atoms with van der Waals surface area (Å²) in [6, 6.07) is 7.73. The number of imidazole rings is 1. The Bertz CT molecular complexity index is 541. The lowest BCUT2D eigenvalue weighted by molar-refractivity contribution is 0.112. The molecule has 1 aromatic heterocycles. The molecule has 106 valence electrons. The number of nitrogens with two attached hydrogens (primary N) is 1. The van der Waals surface area contributed by atoms with E-state index in [-0.39, 0.29) is 6.04 Å². The van der Waals surface area contributed by atoms with Crippen LogP contribution in [0.25, 0.3) is 0 Å². The zero-order valence-corrected chi connectivity index (χ0v) is 12.0. The molecule has 2 N–H and O–H groups in total. The SMILES string of the molecule is C=CC(C)N.Cc1nccn1Cc1ccc(C=O)cc1. The van der Waals surface area contributed by atoms with Crippen molar-refractivity contribution in [3.05, 3.63) is 66.3 Å². The van der Waals surface area contributed by atoms with Gasteiger partial charge in [0.25, 0.3) is 0 Å². The summed E-state index contributed by atoms with van der Waals surface area (Å²) in [4.78, 5) is 14.6. The van der Waals surface area contributed by atoms with Crippen LogP contribution in [-0.2, 0) is 6.54 Å². The van der Waals surface area contributed by atoms with E-state index in [4.69, 9.17) is 5.73 Å². The van der Waals surface area contributed by atoms with E-state index < -0.39 is 0 Å². The summed E-state index contributed by atoms with van der Waals surface area (Å²) in [6.07, 6.45) is 6.28. The molecule has 2 rings (SSSR count). The van der Waals surface area contributed by atoms with E-state index in [9.17, 15) is 4.79 Å². The van der Waals surface area contributed by atoms with Gasteiger partial charge in [-0.25, -0.2) is 4.98 Å². The number of carbonyl (C=O) groups is 1. The number of rotatable bonds is 4. The maximum atomic E-state index is 10.5. The van der Waals surface area contributed by atoms with Crippen LogP contribution < -0.4 is 5.73 Å². The van der Waals surface area contributed by atoms with Crippen LogP contribution in [-0.4, -0.2) is 21.9 Å². The van der Waals surface area contributed by atoms with Crippen LogP contribution in [0.3, 0.4) is 0 Å². The van der Waals surface area contributed by atoms with E-state index in [0.717, 1.165) is 18.7 Å². The van der Waals surface area contributed by atoms with Crippen molar-refractivity contribution in [2.45, 2.75) is 26.4 Å². The van der Waals surface area contributed by atoms with Gasteiger partial charge >= 0.3 is 0 Å². The molecule has 1 aromatic carbocycles. The van der Waals surface area contributed by atoms with Gasteiger partial charge in [0.05, 0.1) is 0 Å². The summed E-state index contributed by atoms with van der Waals surface area (Å²) in [5.74, 6) is 0.995. The van der Waals surface area contributed by atoms with Crippen LogP contribution in [0.1, 0.15) is 28.7 Å². The number of benzene rings is 1. The molecule has 0 aliphatic heterocycles. The van der Waals surface area contributed by atoms with Crippen LogP contribution in [0.2, 0.25) is 0 Å². The number of nitrogens with zero attached hydrogens (tertiary/aromatic N) is 2. The van der Waals surface area contributed by atoms with Gasteiger partial charge in [0.2, 0.25) is 0 Å². The van der Waals surface area contributed by atoms with Crippen molar-refractivity contribution in [3.63, 3.8) is 0 Å². The summed E-state index contributed by atoms with van der Waals surface area (Å²) in [5, 5.41) is 0. The maximum absolute atomic E-state index is 10.5. The molecule has 1 unspecified atom stereocenters. The minimum atomic E-state index is 0.148. The average Bonchev–Trinajstić information content (AvgIpc) is 2.86. The first-order valence-corrected chi connectivity index (χ1v) is 6.46. The molecule has 0 aliphatic rings. The van der Waals surface area contributed by atoms with Crippen molar-refractivity contribution in [1.82, 2.24) is 9.55 Å². The van der Waals surface area contributed by atoms with Crippen molar-refractivity contribution in [2.24, 2.45) is 5.73 Å².